The molecule has 8 nitrogen and oxygen atoms in total. The van der Waals surface area contributed by atoms with Crippen molar-refractivity contribution in [2.75, 3.05) is 45.0 Å². The number of rotatable bonds is 32. The van der Waals surface area contributed by atoms with Crippen LogP contribution in [0.3, 0.4) is 0 Å². The molecule has 1 amide bonds. The van der Waals surface area contributed by atoms with Gasteiger partial charge in [0.25, 0.3) is 5.91 Å². The summed E-state index contributed by atoms with van der Waals surface area (Å²) in [5.41, 5.74) is 0.652. The molecule has 0 saturated carbocycles. The van der Waals surface area contributed by atoms with E-state index in [4.69, 9.17) is 28.4 Å². The first-order chi connectivity index (χ1) is 31.4. The molecule has 0 unspecified atom stereocenters. The van der Waals surface area contributed by atoms with Crippen LogP contribution in [0.15, 0.2) is 54.6 Å². The van der Waals surface area contributed by atoms with E-state index in [1.165, 1.54) is 12.1 Å². The third kappa shape index (κ3) is 14.0. The van der Waals surface area contributed by atoms with Crippen LogP contribution in [-0.2, 0) is 0 Å². The van der Waals surface area contributed by atoms with Crippen molar-refractivity contribution >= 4 is 43.9 Å². The Hall–Kier alpha value is -4.92. The Balaban J connectivity index is 1.91. The van der Waals surface area contributed by atoms with Crippen LogP contribution in [0.4, 0.5) is 10.1 Å². The summed E-state index contributed by atoms with van der Waals surface area (Å²) in [4.78, 5) is 14.4. The lowest BCUT2D eigenvalue weighted by Crippen LogP contribution is -2.15. The number of halogens is 1. The molecular weight excluding hydrogens is 806 g/mol. The van der Waals surface area contributed by atoms with Crippen molar-refractivity contribution in [3.63, 3.8) is 0 Å². The number of hydrogen-bond donors (Lipinski definition) is 1. The molecule has 0 aliphatic carbocycles. The second-order valence-electron chi connectivity index (χ2n) is 17.0. The summed E-state index contributed by atoms with van der Waals surface area (Å²) in [5, 5.41) is 8.44. The predicted molar refractivity (Wildman–Crippen MR) is 263 cm³/mol. The van der Waals surface area contributed by atoms with Gasteiger partial charge in [-0.25, -0.2) is 4.39 Å². The first-order valence-corrected chi connectivity index (χ1v) is 24.8. The standard InChI is InChI=1S/C55H76FNO7/c1-7-13-19-28-59-47-35-42-43-36-49(61-30-21-15-9-3)50(62-31-22-16-10-4)38-45(43)52-46(44(42)37-48(47)60-29-20-14-8-2)39-51(63-32-23-17-11-5)54(64-33-24-18-12-6)53(52)57-55(58)40-26-25-27-41(56)34-40/h25-27,34-39H,7-24,28-33H2,1-6H3,(H,57,58). The van der Waals surface area contributed by atoms with E-state index >= 15 is 0 Å². The molecule has 64 heavy (non-hydrogen) atoms. The number of anilines is 1. The number of fused-ring (bicyclic) bond motifs is 6. The van der Waals surface area contributed by atoms with E-state index in [0.29, 0.717) is 79.8 Å². The summed E-state index contributed by atoms with van der Waals surface area (Å²) in [7, 11) is 0. The number of amides is 1. The molecule has 0 saturated heterocycles. The van der Waals surface area contributed by atoms with Gasteiger partial charge < -0.3 is 33.7 Å². The average Bonchev–Trinajstić information content (AvgIpc) is 3.30. The van der Waals surface area contributed by atoms with Crippen LogP contribution in [0.1, 0.15) is 167 Å². The van der Waals surface area contributed by atoms with Crippen LogP contribution in [0, 0.1) is 5.82 Å². The highest BCUT2D eigenvalue weighted by molar-refractivity contribution is 6.31. The number of unbranched alkanes of at least 4 members (excludes halogenated alkanes) is 12. The Morgan fingerprint density at radius 3 is 1.17 bits per heavy atom. The Morgan fingerprint density at radius 1 is 0.438 bits per heavy atom. The number of nitrogens with one attached hydrogen (secondary N) is 1. The highest BCUT2D eigenvalue weighted by atomic mass is 19.1. The van der Waals surface area contributed by atoms with Gasteiger partial charge in [0.15, 0.2) is 34.5 Å². The Morgan fingerprint density at radius 2 is 0.781 bits per heavy atom. The molecule has 350 valence electrons. The van der Waals surface area contributed by atoms with Crippen molar-refractivity contribution in [1.82, 2.24) is 0 Å². The van der Waals surface area contributed by atoms with Crippen LogP contribution < -0.4 is 33.7 Å². The molecule has 0 radical (unpaired) electrons. The van der Waals surface area contributed by atoms with E-state index in [1.807, 2.05) is 0 Å². The summed E-state index contributed by atoms with van der Waals surface area (Å²) in [6, 6.07) is 16.2. The lowest BCUT2D eigenvalue weighted by atomic mass is 9.91. The van der Waals surface area contributed by atoms with E-state index in [0.717, 1.165) is 148 Å². The molecule has 0 bridgehead atoms. The fourth-order valence-corrected chi connectivity index (χ4v) is 7.96. The number of benzene rings is 5. The summed E-state index contributed by atoms with van der Waals surface area (Å²) in [6.45, 7) is 16.2. The van der Waals surface area contributed by atoms with Crippen molar-refractivity contribution in [3.8, 4) is 34.5 Å². The summed E-state index contributed by atoms with van der Waals surface area (Å²) < 4.78 is 54.5. The Labute approximate surface area is 382 Å². The molecule has 0 spiro atoms. The predicted octanol–water partition coefficient (Wildman–Crippen LogP) is 16.0. The second kappa shape index (κ2) is 27.4. The van der Waals surface area contributed by atoms with Gasteiger partial charge in [0.2, 0.25) is 0 Å². The van der Waals surface area contributed by atoms with Gasteiger partial charge in [0.1, 0.15) is 5.82 Å². The Kier molecular flexibility index (Phi) is 21.5. The third-order valence-electron chi connectivity index (χ3n) is 11.6. The average molecular weight is 882 g/mol. The van der Waals surface area contributed by atoms with Crippen molar-refractivity contribution < 1.29 is 37.6 Å². The van der Waals surface area contributed by atoms with Crippen LogP contribution in [0.25, 0.3) is 32.3 Å². The van der Waals surface area contributed by atoms with Gasteiger partial charge in [-0.05, 0) is 114 Å². The summed E-state index contributed by atoms with van der Waals surface area (Å²) in [6.07, 6.45) is 18.0. The topological polar surface area (TPSA) is 84.5 Å². The maximum Gasteiger partial charge on any atom is 0.255 e. The van der Waals surface area contributed by atoms with Crippen LogP contribution in [0.5, 0.6) is 34.5 Å². The number of hydrogen-bond acceptors (Lipinski definition) is 7. The third-order valence-corrected chi connectivity index (χ3v) is 11.6. The van der Waals surface area contributed by atoms with Crippen LogP contribution >= 0.6 is 0 Å². The van der Waals surface area contributed by atoms with E-state index in [-0.39, 0.29) is 5.56 Å². The molecule has 0 aromatic heterocycles. The number of carbonyl (C=O) groups excluding carboxylic acids is 1. The first kappa shape index (κ1) is 50.1. The minimum absolute atomic E-state index is 0.194. The Bertz CT molecular complexity index is 2150. The summed E-state index contributed by atoms with van der Waals surface area (Å²) in [5.74, 6) is 2.70. The highest BCUT2D eigenvalue weighted by Crippen LogP contribution is 2.51. The molecular formula is C55H76FNO7. The van der Waals surface area contributed by atoms with E-state index in [2.05, 4.69) is 77.2 Å². The normalized spacial score (nSPS) is 11.4. The van der Waals surface area contributed by atoms with Gasteiger partial charge in [-0.1, -0.05) is 125 Å². The minimum atomic E-state index is -0.492. The molecule has 0 aliphatic rings. The van der Waals surface area contributed by atoms with Crippen molar-refractivity contribution in [1.29, 1.82) is 0 Å². The zero-order valence-electron chi connectivity index (χ0n) is 39.9. The van der Waals surface area contributed by atoms with Gasteiger partial charge in [0, 0.05) is 10.9 Å². The van der Waals surface area contributed by atoms with E-state index in [9.17, 15) is 9.18 Å². The molecule has 5 rings (SSSR count). The van der Waals surface area contributed by atoms with Gasteiger partial charge in [0.05, 0.1) is 45.3 Å². The number of ether oxygens (including phenoxy) is 6. The number of carbonyl (C=O) groups is 1. The lowest BCUT2D eigenvalue weighted by Gasteiger charge is -2.23. The smallest absolute Gasteiger partial charge is 0.255 e. The molecule has 0 atom stereocenters. The molecule has 5 aromatic rings. The molecule has 0 heterocycles. The molecule has 0 fully saturated rings. The second-order valence-corrected chi connectivity index (χ2v) is 17.0. The molecule has 5 aromatic carbocycles. The lowest BCUT2D eigenvalue weighted by molar-refractivity contribution is 0.102. The fraction of sp³-hybridized carbons (Fsp3) is 0.545. The van der Waals surface area contributed by atoms with Crippen LogP contribution in [-0.4, -0.2) is 45.5 Å². The van der Waals surface area contributed by atoms with Crippen LogP contribution in [0.2, 0.25) is 0 Å². The van der Waals surface area contributed by atoms with E-state index in [1.54, 1.807) is 12.1 Å². The first-order valence-electron chi connectivity index (χ1n) is 24.8. The van der Waals surface area contributed by atoms with Crippen molar-refractivity contribution in [2.24, 2.45) is 0 Å². The van der Waals surface area contributed by atoms with Gasteiger partial charge >= 0.3 is 0 Å². The maximum atomic E-state index is 14.7. The van der Waals surface area contributed by atoms with Crippen molar-refractivity contribution in [3.05, 3.63) is 66.0 Å². The zero-order valence-corrected chi connectivity index (χ0v) is 39.9. The maximum absolute atomic E-state index is 14.7. The quantitative estimate of drug-likeness (QED) is 0.0340. The molecule has 1 N–H and O–H groups in total. The zero-order chi connectivity index (χ0) is 45.5. The summed E-state index contributed by atoms with van der Waals surface area (Å²) >= 11 is 0. The largest absolute Gasteiger partial charge is 0.490 e. The molecule has 0 aliphatic heterocycles. The van der Waals surface area contributed by atoms with E-state index < -0.39 is 11.7 Å². The van der Waals surface area contributed by atoms with Gasteiger partial charge in [-0.15, -0.1) is 0 Å². The van der Waals surface area contributed by atoms with Gasteiger partial charge in [-0.3, -0.25) is 4.79 Å². The van der Waals surface area contributed by atoms with Gasteiger partial charge in [-0.2, -0.15) is 0 Å². The minimum Gasteiger partial charge on any atom is -0.490 e. The SMILES string of the molecule is CCCCCOc1cc2c3cc(OCCCCC)c(OCCCCC)cc3c3c(NC(=O)c4cccc(F)c4)c(OCCCCC)c(OCCCCC)cc3c2cc1OCCCCC. The molecule has 9 heteroatoms. The van der Waals surface area contributed by atoms with Crippen molar-refractivity contribution in [2.45, 2.75) is 157 Å². The fourth-order valence-electron chi connectivity index (χ4n) is 7.96. The highest BCUT2D eigenvalue weighted by Gasteiger charge is 2.26. The monoisotopic (exact) mass is 882 g/mol.